The first-order valence-electron chi connectivity index (χ1n) is 9.42. The van der Waals surface area contributed by atoms with E-state index in [-0.39, 0.29) is 36.6 Å². The number of hydroxylamine groups is 1. The van der Waals surface area contributed by atoms with Crippen molar-refractivity contribution in [1.82, 2.24) is 5.48 Å². The molecule has 0 saturated carbocycles. The van der Waals surface area contributed by atoms with Crippen molar-refractivity contribution < 1.29 is 95.1 Å². The number of hydrogen-bond acceptors (Lipinski definition) is 23. The summed E-state index contributed by atoms with van der Waals surface area (Å²) in [5, 5.41) is 23.6. The van der Waals surface area contributed by atoms with Gasteiger partial charge in [0.2, 0.25) is 6.54 Å². The molecule has 4 fully saturated rings. The molecule has 31 heteroatoms. The Kier molecular flexibility index (Phi) is 14.7. The summed E-state index contributed by atoms with van der Waals surface area (Å²) < 4.78 is 86.2. The summed E-state index contributed by atoms with van der Waals surface area (Å²) in [6.45, 7) is 6.93. The first-order chi connectivity index (χ1) is 18.4. The Morgan fingerprint density at radius 1 is 1.02 bits per heavy atom. The second-order valence-electron chi connectivity index (χ2n) is 6.55. The van der Waals surface area contributed by atoms with Crippen molar-refractivity contribution in [3.05, 3.63) is 11.4 Å². The van der Waals surface area contributed by atoms with Gasteiger partial charge in [-0.1, -0.05) is 27.6 Å². The van der Waals surface area contributed by atoms with Crippen LogP contribution in [0.5, 0.6) is 0 Å². The number of nitrogens with one attached hydrogen (secondary N) is 1. The standard InChI is InChI=1S/C4H8N2O4.C4H4N2.CH4.H4O16P4Si3/c5-10-4(8)1-2-6-9-3-7;1-6-4-2-3-5;;1-17(9-5-10-17)22(18(2)11-6-12-18)23(21,19(3)13-7-14-19)20(4)15-8-16-20/h3,6H,1-2,5H2;2,4H2;1H4;22H,21H3. The highest BCUT2D eigenvalue weighted by Crippen LogP contribution is 2.89. The molecule has 0 unspecified atom stereocenters. The zero-order valence-corrected chi connectivity index (χ0v) is 26.6. The van der Waals surface area contributed by atoms with Crippen molar-refractivity contribution in [3.8, 4) is 6.07 Å². The highest BCUT2D eigenvalue weighted by Gasteiger charge is 2.89. The second-order valence-corrected chi connectivity index (χ2v) is 57.1. The van der Waals surface area contributed by atoms with Gasteiger partial charge in [0.1, 0.15) is 6.42 Å². The quantitative estimate of drug-likeness (QED) is 0.0536. The topological polar surface area (TPSA) is 298 Å². The second kappa shape index (κ2) is 16.0. The van der Waals surface area contributed by atoms with E-state index in [9.17, 15) is 27.8 Å². The van der Waals surface area contributed by atoms with E-state index in [1.165, 1.54) is 0 Å². The van der Waals surface area contributed by atoms with Crippen LogP contribution in [-0.2, 0) is 95.1 Å². The Balaban J connectivity index is 0.000000395. The van der Waals surface area contributed by atoms with Crippen molar-refractivity contribution in [2.75, 3.05) is 13.1 Å². The number of hydrogen-bond donors (Lipinski definition) is 2. The average Bonchev–Trinajstić information content (AvgIpc) is 2.85. The lowest BCUT2D eigenvalue weighted by Gasteiger charge is -2.46. The van der Waals surface area contributed by atoms with Crippen molar-refractivity contribution >= 4 is 64.9 Å². The predicted octanol–water partition coefficient (Wildman–Crippen LogP) is -0.138. The lowest BCUT2D eigenvalue weighted by molar-refractivity contribution is -0.488. The van der Waals surface area contributed by atoms with E-state index in [0.29, 0.717) is 13.0 Å². The van der Waals surface area contributed by atoms with E-state index in [2.05, 4.69) is 83.4 Å². The molecule has 0 radical (unpaired) electrons. The number of rotatable bonds is 11. The van der Waals surface area contributed by atoms with Crippen LogP contribution in [0.4, 0.5) is 0 Å². The molecule has 0 aromatic heterocycles. The predicted molar refractivity (Wildman–Crippen MR) is 125 cm³/mol. The van der Waals surface area contributed by atoms with Gasteiger partial charge in [0.05, 0.1) is 12.5 Å². The summed E-state index contributed by atoms with van der Waals surface area (Å²) in [6.07, 6.45) is -3.88. The third-order valence-corrected chi connectivity index (χ3v) is 91.8. The van der Waals surface area contributed by atoms with Crippen LogP contribution in [0.1, 0.15) is 20.3 Å². The highest BCUT2D eigenvalue weighted by atomic mass is 31.9. The van der Waals surface area contributed by atoms with Crippen LogP contribution in [0.25, 0.3) is 4.85 Å². The van der Waals surface area contributed by atoms with E-state index >= 15 is 0 Å². The molecule has 228 valence electrons. The minimum atomic E-state index is -4.34. The monoisotopic (exact) mass is 712 g/mol. The van der Waals surface area contributed by atoms with Gasteiger partial charge in [0.25, 0.3) is 0 Å². The molecule has 0 aromatic carbocycles. The fourth-order valence-electron chi connectivity index (χ4n) is 2.43. The van der Waals surface area contributed by atoms with Gasteiger partial charge in [-0.3, -0.25) is 27.8 Å². The third kappa shape index (κ3) is 7.85. The molecule has 0 bridgehead atoms. The smallest absolute Gasteiger partial charge is 0.367 e. The zero-order chi connectivity index (χ0) is 29.2. The third-order valence-electron chi connectivity index (χ3n) is 4.28. The van der Waals surface area contributed by atoms with Gasteiger partial charge in [-0.25, -0.2) is 6.57 Å². The van der Waals surface area contributed by atoms with Crippen LogP contribution >= 0.6 is 28.6 Å². The molecule has 0 aromatic rings. The molecular weight excluding hydrogens is 692 g/mol. The van der Waals surface area contributed by atoms with Crippen LogP contribution in [0.15, 0.2) is 0 Å². The van der Waals surface area contributed by atoms with Crippen molar-refractivity contribution in [2.24, 2.45) is 5.90 Å². The number of carbonyl (C=O) groups is 2. The first-order valence-corrected chi connectivity index (χ1v) is 27.8. The van der Waals surface area contributed by atoms with Crippen LogP contribution in [0.2, 0.25) is 0 Å². The molecule has 4 heterocycles. The molecule has 4 saturated heterocycles. The van der Waals surface area contributed by atoms with Crippen molar-refractivity contribution in [3.63, 3.8) is 0 Å². The van der Waals surface area contributed by atoms with Gasteiger partial charge in [-0.2, -0.15) is 16.6 Å². The van der Waals surface area contributed by atoms with E-state index < -0.39 is 48.6 Å². The van der Waals surface area contributed by atoms with Crippen LogP contribution < -0.4 is 11.4 Å². The van der Waals surface area contributed by atoms with E-state index in [1.807, 2.05) is 6.07 Å². The summed E-state index contributed by atoms with van der Waals surface area (Å²) in [6, 6.07) is 1.85. The van der Waals surface area contributed by atoms with Crippen molar-refractivity contribution in [1.29, 1.82) is 5.26 Å². The maximum absolute atomic E-state index is 12.8. The van der Waals surface area contributed by atoms with Gasteiger partial charge in [0, 0.05) is 16.3 Å². The first kappa shape index (κ1) is 37.0. The maximum atomic E-state index is 12.8. The SMILES string of the molecule is C.NOC(=O)CCNOC=O.O=P1([SiH]([Si]([SiH3])(P2(=O)OOO2)P2(=O)OOO2)P2(=O)OOO2)OOO1.[C-]#[N+]CCC#N. The van der Waals surface area contributed by atoms with Gasteiger partial charge >= 0.3 is 55.1 Å². The Hall–Kier alpha value is -1.07. The molecule has 4 rings (SSSR count). The van der Waals surface area contributed by atoms with E-state index in [4.69, 9.17) is 11.8 Å². The Morgan fingerprint density at radius 2 is 1.48 bits per heavy atom. The molecule has 0 atom stereocenters. The molecule has 0 aliphatic carbocycles. The molecule has 4 aliphatic rings. The van der Waals surface area contributed by atoms with Crippen molar-refractivity contribution in [2.45, 2.75) is 20.3 Å². The number of nitriles is 1. The van der Waals surface area contributed by atoms with E-state index in [1.54, 1.807) is 0 Å². The van der Waals surface area contributed by atoms with Gasteiger partial charge < -0.3 is 14.5 Å². The molecule has 24 nitrogen and oxygen atoms in total. The fourth-order valence-corrected chi connectivity index (χ4v) is 95.0. The van der Waals surface area contributed by atoms with Gasteiger partial charge in [-0.05, 0) is 0 Å². The molecule has 4 aliphatic heterocycles. The largest absolute Gasteiger partial charge is 0.374 e. The van der Waals surface area contributed by atoms with E-state index in [0.717, 1.165) is 0 Å². The summed E-state index contributed by atoms with van der Waals surface area (Å²) in [5.41, 5.74) is 2.18. The van der Waals surface area contributed by atoms with Crippen LogP contribution in [0, 0.1) is 17.9 Å². The number of carbonyl (C=O) groups excluding carboxylic acids is 2. The summed E-state index contributed by atoms with van der Waals surface area (Å²) in [5.74, 6) is 3.93. The zero-order valence-electron chi connectivity index (χ0n) is 18.9. The molecule has 40 heavy (non-hydrogen) atoms. The lowest BCUT2D eigenvalue weighted by Crippen LogP contribution is -2.59. The average molecular weight is 712 g/mol. The van der Waals surface area contributed by atoms with Crippen LogP contribution in [-0.4, -0.2) is 49.4 Å². The fraction of sp³-hybridized carbons (Fsp3) is 0.556. The van der Waals surface area contributed by atoms with Gasteiger partial charge in [-0.15, -0.1) is 37.4 Å². The number of nitrogens with two attached hydrogens (primary N) is 1. The van der Waals surface area contributed by atoms with Gasteiger partial charge in [0.15, 0.2) is 0 Å². The minimum absolute atomic E-state index is 0. The molecule has 0 spiro atoms. The lowest BCUT2D eigenvalue weighted by atomic mass is 10.4. The Bertz CT molecular complexity index is 1080. The Labute approximate surface area is 227 Å². The summed E-state index contributed by atoms with van der Waals surface area (Å²) in [4.78, 5) is 30.5. The molecule has 0 amide bonds. The molecular formula is C9H20N4O20P4Si3. The van der Waals surface area contributed by atoms with Crippen LogP contribution in [0.3, 0.4) is 0 Å². The molecule has 3 N–H and O–H groups in total. The highest BCUT2D eigenvalue weighted by molar-refractivity contribution is 8.54. The summed E-state index contributed by atoms with van der Waals surface area (Å²) in [7, 11) is -21.5. The summed E-state index contributed by atoms with van der Waals surface area (Å²) >= 11 is 0. The normalized spacial score (nSPS) is 22.0. The maximum Gasteiger partial charge on any atom is 0.367 e. The minimum Gasteiger partial charge on any atom is -0.374 e. The number of nitrogens with zero attached hydrogens (tertiary/aromatic N) is 2. The Morgan fingerprint density at radius 3 is 1.73 bits per heavy atom.